The zero-order valence-corrected chi connectivity index (χ0v) is 8.67. The van der Waals surface area contributed by atoms with Crippen molar-refractivity contribution in [3.8, 4) is 0 Å². The number of aryl methyl sites for hydroxylation is 1. The molecule has 1 aromatic rings. The molecule has 0 unspecified atom stereocenters. The van der Waals surface area contributed by atoms with E-state index in [9.17, 15) is 0 Å². The Morgan fingerprint density at radius 1 is 1.62 bits per heavy atom. The minimum Gasteiger partial charge on any atom is -0.368 e. The number of nitrogens with zero attached hydrogens (tertiary/aromatic N) is 1. The van der Waals surface area contributed by atoms with E-state index in [1.165, 1.54) is 0 Å². The second-order valence-corrected chi connectivity index (χ2v) is 3.40. The first-order valence-corrected chi connectivity index (χ1v) is 4.43. The van der Waals surface area contributed by atoms with Crippen LogP contribution in [0.15, 0.2) is 27.7 Å². The molecule has 0 aliphatic heterocycles. The van der Waals surface area contributed by atoms with Crippen molar-refractivity contribution in [1.29, 1.82) is 0 Å². The second-order valence-electron chi connectivity index (χ2n) is 2.54. The van der Waals surface area contributed by atoms with Gasteiger partial charge in [-0.2, -0.15) is 0 Å². The summed E-state index contributed by atoms with van der Waals surface area (Å²) in [6, 6.07) is 5.52. The molecular formula is C8H10BrN3O. The van der Waals surface area contributed by atoms with E-state index >= 15 is 0 Å². The first-order valence-electron chi connectivity index (χ1n) is 3.64. The highest BCUT2D eigenvalue weighted by Crippen LogP contribution is 2.21. The number of nitrogens with one attached hydrogen (secondary N) is 1. The zero-order chi connectivity index (χ0) is 9.84. The fraction of sp³-hybridized carbons (Fsp3) is 0.125. The summed E-state index contributed by atoms with van der Waals surface area (Å²) in [5, 5.41) is 8.40. The van der Waals surface area contributed by atoms with Gasteiger partial charge in [-0.1, -0.05) is 15.9 Å². The van der Waals surface area contributed by atoms with E-state index in [-0.39, 0.29) is 5.96 Å². The van der Waals surface area contributed by atoms with E-state index in [4.69, 9.17) is 10.9 Å². The van der Waals surface area contributed by atoms with Crippen LogP contribution in [0.25, 0.3) is 0 Å². The van der Waals surface area contributed by atoms with Crippen molar-refractivity contribution in [3.05, 3.63) is 28.2 Å². The standard InChI is InChI=1S/C8H10BrN3O/c1-5-4-6(2-3-7(5)9)11-8(10)12-13/h2-4,13H,1H3,(H3,10,11,12). The maximum atomic E-state index is 8.40. The van der Waals surface area contributed by atoms with Gasteiger partial charge in [-0.05, 0) is 30.7 Å². The number of halogens is 1. The van der Waals surface area contributed by atoms with Crippen LogP contribution in [0.1, 0.15) is 5.56 Å². The van der Waals surface area contributed by atoms with Gasteiger partial charge in [-0.3, -0.25) is 5.21 Å². The van der Waals surface area contributed by atoms with Crippen LogP contribution < -0.4 is 11.2 Å². The topological polar surface area (TPSA) is 70.6 Å². The summed E-state index contributed by atoms with van der Waals surface area (Å²) in [5.74, 6) is -0.0262. The fourth-order valence-corrected chi connectivity index (χ4v) is 1.11. The third-order valence-corrected chi connectivity index (χ3v) is 2.40. The summed E-state index contributed by atoms with van der Waals surface area (Å²) in [6.07, 6.45) is 0. The highest BCUT2D eigenvalue weighted by Gasteiger charge is 1.96. The molecule has 0 atom stereocenters. The Kier molecular flexibility index (Phi) is 3.27. The molecule has 0 amide bonds. The number of hydrogen-bond acceptors (Lipinski definition) is 2. The number of nitrogens with two attached hydrogens (primary N) is 1. The molecule has 0 radical (unpaired) electrons. The van der Waals surface area contributed by atoms with Gasteiger partial charge in [-0.15, -0.1) is 0 Å². The first kappa shape index (κ1) is 10.0. The van der Waals surface area contributed by atoms with Gasteiger partial charge < -0.3 is 5.73 Å². The fourth-order valence-electron chi connectivity index (χ4n) is 0.862. The number of guanidine groups is 1. The summed E-state index contributed by atoms with van der Waals surface area (Å²) >= 11 is 3.37. The molecule has 5 heteroatoms. The Morgan fingerprint density at radius 2 is 2.31 bits per heavy atom. The van der Waals surface area contributed by atoms with E-state index in [1.807, 2.05) is 19.1 Å². The van der Waals surface area contributed by atoms with E-state index < -0.39 is 0 Å². The Morgan fingerprint density at radius 3 is 2.85 bits per heavy atom. The van der Waals surface area contributed by atoms with Gasteiger partial charge >= 0.3 is 0 Å². The molecule has 0 spiro atoms. The molecular weight excluding hydrogens is 234 g/mol. The lowest BCUT2D eigenvalue weighted by molar-refractivity contribution is 0.233. The van der Waals surface area contributed by atoms with Crippen molar-refractivity contribution < 1.29 is 5.21 Å². The summed E-state index contributed by atoms with van der Waals surface area (Å²) in [4.78, 5) is 3.89. The van der Waals surface area contributed by atoms with E-state index in [1.54, 1.807) is 11.5 Å². The first-order chi connectivity index (χ1) is 6.13. The summed E-state index contributed by atoms with van der Waals surface area (Å²) in [6.45, 7) is 1.95. The van der Waals surface area contributed by atoms with Gasteiger partial charge in [0.25, 0.3) is 0 Å². The number of rotatable bonds is 1. The van der Waals surface area contributed by atoms with E-state index in [0.29, 0.717) is 5.69 Å². The predicted molar refractivity (Wildman–Crippen MR) is 55.1 cm³/mol. The van der Waals surface area contributed by atoms with Crippen LogP contribution >= 0.6 is 15.9 Å². The van der Waals surface area contributed by atoms with Crippen molar-refractivity contribution in [2.45, 2.75) is 6.92 Å². The molecule has 0 saturated heterocycles. The van der Waals surface area contributed by atoms with Gasteiger partial charge in [0.15, 0.2) is 0 Å². The van der Waals surface area contributed by atoms with Crippen LogP contribution in [0.5, 0.6) is 0 Å². The lowest BCUT2D eigenvalue weighted by Gasteiger charge is -2.00. The average molecular weight is 244 g/mol. The molecule has 1 aromatic carbocycles. The molecule has 70 valence electrons. The number of hydroxylamine groups is 1. The molecule has 1 rings (SSSR count). The lowest BCUT2D eigenvalue weighted by Crippen LogP contribution is -2.27. The van der Waals surface area contributed by atoms with E-state index in [0.717, 1.165) is 10.0 Å². The van der Waals surface area contributed by atoms with E-state index in [2.05, 4.69) is 20.9 Å². The van der Waals surface area contributed by atoms with Crippen molar-refractivity contribution in [2.24, 2.45) is 10.7 Å². The normalized spacial score (nSPS) is 11.5. The van der Waals surface area contributed by atoms with Gasteiger partial charge in [0.05, 0.1) is 5.69 Å². The third-order valence-electron chi connectivity index (χ3n) is 1.51. The average Bonchev–Trinajstić information content (AvgIpc) is 2.11. The maximum absolute atomic E-state index is 8.40. The van der Waals surface area contributed by atoms with Crippen LogP contribution in [0.2, 0.25) is 0 Å². The van der Waals surface area contributed by atoms with Crippen molar-refractivity contribution in [1.82, 2.24) is 5.48 Å². The molecule has 4 N–H and O–H groups in total. The third kappa shape index (κ3) is 2.71. The molecule has 0 aliphatic rings. The van der Waals surface area contributed by atoms with Crippen LogP contribution in [-0.2, 0) is 0 Å². The minimum atomic E-state index is -0.0262. The van der Waals surface area contributed by atoms with Gasteiger partial charge in [0, 0.05) is 4.47 Å². The molecule has 4 nitrogen and oxygen atoms in total. The number of hydrogen-bond donors (Lipinski definition) is 3. The predicted octanol–water partition coefficient (Wildman–Crippen LogP) is 1.68. The lowest BCUT2D eigenvalue weighted by atomic mass is 10.2. The molecule has 13 heavy (non-hydrogen) atoms. The largest absolute Gasteiger partial charge is 0.368 e. The summed E-state index contributed by atoms with van der Waals surface area (Å²) in [5.41, 5.74) is 8.79. The second kappa shape index (κ2) is 4.25. The molecule has 0 heterocycles. The Bertz CT molecular complexity index is 338. The van der Waals surface area contributed by atoms with Gasteiger partial charge in [-0.25, -0.2) is 10.5 Å². The van der Waals surface area contributed by atoms with Crippen molar-refractivity contribution in [3.63, 3.8) is 0 Å². The zero-order valence-electron chi connectivity index (χ0n) is 7.08. The summed E-state index contributed by atoms with van der Waals surface area (Å²) < 4.78 is 1.02. The number of benzene rings is 1. The summed E-state index contributed by atoms with van der Waals surface area (Å²) in [7, 11) is 0. The molecule has 0 bridgehead atoms. The SMILES string of the molecule is Cc1cc(N=C(N)NO)ccc1Br. The number of aliphatic imine (C=N–C) groups is 1. The Hall–Kier alpha value is -1.07. The van der Waals surface area contributed by atoms with Gasteiger partial charge in [0.2, 0.25) is 5.96 Å². The van der Waals surface area contributed by atoms with Crippen LogP contribution in [-0.4, -0.2) is 11.2 Å². The molecule has 0 saturated carbocycles. The molecule has 0 aromatic heterocycles. The van der Waals surface area contributed by atoms with Gasteiger partial charge in [0.1, 0.15) is 0 Å². The van der Waals surface area contributed by atoms with Crippen molar-refractivity contribution >= 4 is 27.6 Å². The molecule has 0 aliphatic carbocycles. The Labute approximate surface area is 84.6 Å². The Balaban J connectivity index is 2.98. The van der Waals surface area contributed by atoms with Crippen LogP contribution in [0.4, 0.5) is 5.69 Å². The molecule has 0 fully saturated rings. The monoisotopic (exact) mass is 243 g/mol. The highest BCUT2D eigenvalue weighted by atomic mass is 79.9. The smallest absolute Gasteiger partial charge is 0.218 e. The van der Waals surface area contributed by atoms with Crippen molar-refractivity contribution in [2.75, 3.05) is 0 Å². The highest BCUT2D eigenvalue weighted by molar-refractivity contribution is 9.10. The quantitative estimate of drug-likeness (QED) is 0.400. The maximum Gasteiger partial charge on any atom is 0.218 e. The van der Waals surface area contributed by atoms with Crippen LogP contribution in [0.3, 0.4) is 0 Å². The minimum absolute atomic E-state index is 0.0262. The van der Waals surface area contributed by atoms with Crippen LogP contribution in [0, 0.1) is 6.92 Å².